The number of amides is 1. The molecule has 7 nitrogen and oxygen atoms in total. The molecule has 0 radical (unpaired) electrons. The molecular formula is C23H21N5O2S2. The Morgan fingerprint density at radius 3 is 2.91 bits per heavy atom. The smallest absolute Gasteiger partial charge is 0.253 e. The van der Waals surface area contributed by atoms with E-state index < -0.39 is 0 Å². The average Bonchev–Trinajstić information content (AvgIpc) is 3.58. The Labute approximate surface area is 193 Å². The molecule has 0 saturated carbocycles. The molecule has 9 heteroatoms. The van der Waals surface area contributed by atoms with Crippen LogP contribution < -0.4 is 0 Å². The van der Waals surface area contributed by atoms with Crippen LogP contribution >= 0.6 is 23.1 Å². The minimum atomic E-state index is -0.243. The fourth-order valence-corrected chi connectivity index (χ4v) is 5.29. The lowest BCUT2D eigenvalue weighted by Crippen LogP contribution is -2.28. The lowest BCUT2D eigenvalue weighted by atomic mass is 10.1. The van der Waals surface area contributed by atoms with E-state index in [1.54, 1.807) is 28.9 Å². The fourth-order valence-electron chi connectivity index (χ4n) is 3.79. The maximum absolute atomic E-state index is 13.2. The van der Waals surface area contributed by atoms with E-state index in [-0.39, 0.29) is 17.7 Å². The second-order valence-electron chi connectivity index (χ2n) is 7.56. The molecule has 0 N–H and O–H groups in total. The quantitative estimate of drug-likeness (QED) is 0.376. The summed E-state index contributed by atoms with van der Waals surface area (Å²) in [4.78, 5) is 14.3. The van der Waals surface area contributed by atoms with E-state index in [2.05, 4.69) is 41.3 Å². The van der Waals surface area contributed by atoms with Gasteiger partial charge >= 0.3 is 0 Å². The van der Waals surface area contributed by atoms with Gasteiger partial charge in [-0.15, -0.1) is 21.5 Å². The van der Waals surface area contributed by atoms with Gasteiger partial charge in [-0.2, -0.15) is 5.10 Å². The maximum atomic E-state index is 13.2. The normalized spacial score (nSPS) is 15.9. The molecule has 1 aliphatic heterocycles. The number of hydrazone groups is 1. The number of rotatable bonds is 6. The monoisotopic (exact) mass is 463 g/mol. The van der Waals surface area contributed by atoms with Gasteiger partial charge in [0.1, 0.15) is 18.1 Å². The van der Waals surface area contributed by atoms with Gasteiger partial charge in [0.25, 0.3) is 5.91 Å². The standard InChI is InChI=1S/C23H21N5O2S2/c1-15-7-8-18(16(2)11-15)27-14-24-25-23(27)32-13-22(29)28-19(20-5-3-9-30-20)12-17(26-28)21-6-4-10-31-21/h3-11,14,19H,12-13H2,1-2H3. The van der Waals surface area contributed by atoms with Crippen LogP contribution in [0.4, 0.5) is 0 Å². The van der Waals surface area contributed by atoms with Crippen molar-refractivity contribution in [3.8, 4) is 5.69 Å². The molecule has 1 amide bonds. The van der Waals surface area contributed by atoms with E-state index in [9.17, 15) is 4.79 Å². The Hall–Kier alpha value is -3.17. The number of hydrogen-bond acceptors (Lipinski definition) is 7. The molecule has 0 aliphatic carbocycles. The van der Waals surface area contributed by atoms with Crippen LogP contribution in [0.2, 0.25) is 0 Å². The number of furan rings is 1. The third-order valence-electron chi connectivity index (χ3n) is 5.30. The molecule has 3 aromatic heterocycles. The van der Waals surface area contributed by atoms with E-state index in [0.29, 0.717) is 11.6 Å². The Bertz CT molecular complexity index is 1260. The van der Waals surface area contributed by atoms with Gasteiger partial charge in [0.05, 0.1) is 28.3 Å². The van der Waals surface area contributed by atoms with Crippen LogP contribution in [0.3, 0.4) is 0 Å². The van der Waals surface area contributed by atoms with Crippen molar-refractivity contribution in [2.75, 3.05) is 5.75 Å². The summed E-state index contributed by atoms with van der Waals surface area (Å²) in [6, 6.07) is 13.7. The first-order valence-corrected chi connectivity index (χ1v) is 12.0. The van der Waals surface area contributed by atoms with E-state index in [4.69, 9.17) is 4.42 Å². The van der Waals surface area contributed by atoms with Gasteiger partial charge in [-0.3, -0.25) is 9.36 Å². The van der Waals surface area contributed by atoms with Crippen LogP contribution in [-0.4, -0.2) is 37.1 Å². The Morgan fingerprint density at radius 1 is 1.25 bits per heavy atom. The minimum Gasteiger partial charge on any atom is -0.467 e. The number of aryl methyl sites for hydroxylation is 2. The SMILES string of the molecule is Cc1ccc(-n2cnnc2SCC(=O)N2N=C(c3cccs3)CC2c2ccco2)c(C)c1. The molecular weight excluding hydrogens is 442 g/mol. The largest absolute Gasteiger partial charge is 0.467 e. The van der Waals surface area contributed by atoms with Crippen LogP contribution in [0, 0.1) is 13.8 Å². The first-order valence-electron chi connectivity index (χ1n) is 10.2. The summed E-state index contributed by atoms with van der Waals surface area (Å²) >= 11 is 2.98. The molecule has 0 saturated heterocycles. The number of carbonyl (C=O) groups is 1. The van der Waals surface area contributed by atoms with Gasteiger partial charge in [-0.1, -0.05) is 35.5 Å². The van der Waals surface area contributed by atoms with Gasteiger partial charge in [-0.25, -0.2) is 5.01 Å². The molecule has 162 valence electrons. The predicted octanol–water partition coefficient (Wildman–Crippen LogP) is 5.01. The molecule has 1 aliphatic rings. The highest BCUT2D eigenvalue weighted by molar-refractivity contribution is 7.99. The Kier molecular flexibility index (Phi) is 5.67. The zero-order chi connectivity index (χ0) is 22.1. The molecule has 4 heterocycles. The number of thiophene rings is 1. The average molecular weight is 464 g/mol. The summed E-state index contributed by atoms with van der Waals surface area (Å²) < 4.78 is 7.53. The summed E-state index contributed by atoms with van der Waals surface area (Å²) in [6.45, 7) is 4.12. The lowest BCUT2D eigenvalue weighted by Gasteiger charge is -2.19. The highest BCUT2D eigenvalue weighted by atomic mass is 32.2. The van der Waals surface area contributed by atoms with Gasteiger partial charge in [0.2, 0.25) is 0 Å². The molecule has 0 spiro atoms. The van der Waals surface area contributed by atoms with Gasteiger partial charge in [0.15, 0.2) is 5.16 Å². The van der Waals surface area contributed by atoms with Crippen LogP contribution in [0.5, 0.6) is 0 Å². The van der Waals surface area contributed by atoms with Crippen molar-refractivity contribution in [3.05, 3.63) is 82.2 Å². The molecule has 0 fully saturated rings. The van der Waals surface area contributed by atoms with Crippen molar-refractivity contribution in [1.29, 1.82) is 0 Å². The summed E-state index contributed by atoms with van der Waals surface area (Å²) in [5.41, 5.74) is 4.23. The van der Waals surface area contributed by atoms with Crippen molar-refractivity contribution in [1.82, 2.24) is 19.8 Å². The molecule has 1 unspecified atom stereocenters. The lowest BCUT2D eigenvalue weighted by molar-refractivity contribution is -0.130. The van der Waals surface area contributed by atoms with Crippen LogP contribution in [0.15, 0.2) is 75.1 Å². The van der Waals surface area contributed by atoms with E-state index in [1.165, 1.54) is 17.3 Å². The summed E-state index contributed by atoms with van der Waals surface area (Å²) in [6.07, 6.45) is 3.93. The molecule has 1 aromatic carbocycles. The number of benzene rings is 1. The Morgan fingerprint density at radius 2 is 2.16 bits per heavy atom. The summed E-state index contributed by atoms with van der Waals surface area (Å²) in [5.74, 6) is 0.831. The number of thioether (sulfide) groups is 1. The zero-order valence-electron chi connectivity index (χ0n) is 17.6. The van der Waals surface area contributed by atoms with Crippen LogP contribution in [0.1, 0.15) is 34.2 Å². The van der Waals surface area contributed by atoms with Crippen LogP contribution in [-0.2, 0) is 4.79 Å². The third kappa shape index (κ3) is 4.01. The number of carbonyl (C=O) groups excluding carboxylic acids is 1. The third-order valence-corrected chi connectivity index (χ3v) is 7.14. The van der Waals surface area contributed by atoms with E-state index in [1.807, 2.05) is 40.3 Å². The highest BCUT2D eigenvalue weighted by Gasteiger charge is 2.35. The topological polar surface area (TPSA) is 76.5 Å². The highest BCUT2D eigenvalue weighted by Crippen LogP contribution is 2.35. The number of nitrogens with zero attached hydrogens (tertiary/aromatic N) is 5. The second-order valence-corrected chi connectivity index (χ2v) is 9.45. The number of hydrogen-bond donors (Lipinski definition) is 0. The van der Waals surface area contributed by atoms with E-state index >= 15 is 0 Å². The molecule has 1 atom stereocenters. The van der Waals surface area contributed by atoms with Crippen molar-refractivity contribution in [3.63, 3.8) is 0 Å². The summed E-state index contributed by atoms with van der Waals surface area (Å²) in [7, 11) is 0. The first-order chi connectivity index (χ1) is 15.6. The molecule has 5 rings (SSSR count). The Balaban J connectivity index is 1.36. The summed E-state index contributed by atoms with van der Waals surface area (Å²) in [5, 5.41) is 17.2. The van der Waals surface area contributed by atoms with Crippen LogP contribution in [0.25, 0.3) is 5.69 Å². The van der Waals surface area contributed by atoms with Crippen molar-refractivity contribution >= 4 is 34.7 Å². The maximum Gasteiger partial charge on any atom is 0.253 e. The van der Waals surface area contributed by atoms with Crippen molar-refractivity contribution in [2.45, 2.75) is 31.5 Å². The fraction of sp³-hybridized carbons (Fsp3) is 0.217. The van der Waals surface area contributed by atoms with Crippen molar-refractivity contribution in [2.24, 2.45) is 5.10 Å². The molecule has 4 aromatic rings. The predicted molar refractivity (Wildman–Crippen MR) is 125 cm³/mol. The van der Waals surface area contributed by atoms with Gasteiger partial charge < -0.3 is 4.42 Å². The number of aromatic nitrogens is 3. The zero-order valence-corrected chi connectivity index (χ0v) is 19.3. The van der Waals surface area contributed by atoms with Gasteiger partial charge in [-0.05, 0) is 49.1 Å². The van der Waals surface area contributed by atoms with E-state index in [0.717, 1.165) is 27.6 Å². The van der Waals surface area contributed by atoms with Gasteiger partial charge in [0, 0.05) is 6.42 Å². The molecule has 32 heavy (non-hydrogen) atoms. The minimum absolute atomic E-state index is 0.0989. The second kappa shape index (κ2) is 8.76. The van der Waals surface area contributed by atoms with Crippen molar-refractivity contribution < 1.29 is 9.21 Å². The first kappa shape index (κ1) is 20.7. The molecule has 0 bridgehead atoms.